The van der Waals surface area contributed by atoms with Gasteiger partial charge in [0.15, 0.2) is 0 Å². The van der Waals surface area contributed by atoms with Crippen LogP contribution < -0.4 is 19.5 Å². The van der Waals surface area contributed by atoms with E-state index < -0.39 is 10.0 Å². The molecule has 0 fully saturated rings. The predicted octanol–water partition coefficient (Wildman–Crippen LogP) is 2.25. The maximum atomic E-state index is 12.2. The van der Waals surface area contributed by atoms with Gasteiger partial charge in [-0.25, -0.2) is 13.1 Å². The third-order valence-corrected chi connectivity index (χ3v) is 5.47. The van der Waals surface area contributed by atoms with E-state index in [1.54, 1.807) is 19.2 Å². The van der Waals surface area contributed by atoms with Gasteiger partial charge in [0.25, 0.3) is 0 Å². The molecule has 2 N–H and O–H groups in total. The molecule has 0 unspecified atom stereocenters. The van der Waals surface area contributed by atoms with E-state index >= 15 is 0 Å². The van der Waals surface area contributed by atoms with Gasteiger partial charge in [-0.05, 0) is 37.3 Å². The van der Waals surface area contributed by atoms with E-state index in [0.717, 1.165) is 5.56 Å². The number of ether oxygens (including phenoxy) is 2. The van der Waals surface area contributed by atoms with Crippen LogP contribution in [0.4, 0.5) is 0 Å². The van der Waals surface area contributed by atoms with Crippen LogP contribution in [0.5, 0.6) is 11.5 Å². The van der Waals surface area contributed by atoms with Crippen molar-refractivity contribution in [1.29, 1.82) is 0 Å². The lowest BCUT2D eigenvalue weighted by molar-refractivity contribution is -0.121. The Morgan fingerprint density at radius 1 is 1.04 bits per heavy atom. The lowest BCUT2D eigenvalue weighted by Crippen LogP contribution is -2.32. The van der Waals surface area contributed by atoms with E-state index in [1.165, 1.54) is 19.2 Å². The number of carbonyl (C=O) groups is 1. The van der Waals surface area contributed by atoms with Crippen LogP contribution >= 0.6 is 0 Å². The minimum Gasteiger partial charge on any atom is -0.497 e. The molecule has 1 amide bonds. The van der Waals surface area contributed by atoms with Crippen molar-refractivity contribution in [2.24, 2.45) is 0 Å². The highest BCUT2D eigenvalue weighted by atomic mass is 32.2. The van der Waals surface area contributed by atoms with Crippen molar-refractivity contribution in [3.63, 3.8) is 0 Å². The number of benzene rings is 2. The smallest absolute Gasteiger partial charge is 0.240 e. The van der Waals surface area contributed by atoms with E-state index in [0.29, 0.717) is 11.5 Å². The third-order valence-electron chi connectivity index (χ3n) is 4.00. The Morgan fingerprint density at radius 2 is 1.70 bits per heavy atom. The van der Waals surface area contributed by atoms with Gasteiger partial charge < -0.3 is 14.8 Å². The number of rotatable bonds is 9. The lowest BCUT2D eigenvalue weighted by Gasteiger charge is -2.17. The Labute approximate surface area is 159 Å². The standard InChI is InChI=1S/C19H24N2O5S/c1-14(17-6-4-5-7-18(17)26-3)21-19(22)12-13-20-27(23,24)16-10-8-15(25-2)9-11-16/h4-11,14,20H,12-13H2,1-3H3,(H,21,22)/t14-/m1/s1. The first-order valence-corrected chi connectivity index (χ1v) is 9.91. The van der Waals surface area contributed by atoms with Gasteiger partial charge in [0.05, 0.1) is 25.2 Å². The summed E-state index contributed by atoms with van der Waals surface area (Å²) < 4.78 is 37.2. The molecule has 8 heteroatoms. The molecule has 2 aromatic rings. The fourth-order valence-electron chi connectivity index (χ4n) is 2.55. The molecule has 146 valence electrons. The first-order chi connectivity index (χ1) is 12.9. The van der Waals surface area contributed by atoms with E-state index in [9.17, 15) is 13.2 Å². The molecule has 0 saturated heterocycles. The number of amides is 1. The molecule has 2 aromatic carbocycles. The minimum absolute atomic E-state index is 0.00115. The van der Waals surface area contributed by atoms with Crippen molar-refractivity contribution < 1.29 is 22.7 Å². The zero-order chi connectivity index (χ0) is 19.9. The van der Waals surface area contributed by atoms with Gasteiger partial charge in [-0.15, -0.1) is 0 Å². The monoisotopic (exact) mass is 392 g/mol. The molecule has 7 nitrogen and oxygen atoms in total. The molecular formula is C19H24N2O5S. The molecule has 0 aliphatic heterocycles. The average molecular weight is 392 g/mol. The Balaban J connectivity index is 1.87. The molecule has 0 aliphatic rings. The van der Waals surface area contributed by atoms with Gasteiger partial charge in [0.2, 0.25) is 15.9 Å². The number of methoxy groups -OCH3 is 2. The summed E-state index contributed by atoms with van der Waals surface area (Å²) in [5, 5.41) is 2.84. The van der Waals surface area contributed by atoms with Crippen molar-refractivity contribution in [1.82, 2.24) is 10.0 Å². The molecule has 0 aliphatic carbocycles. The zero-order valence-corrected chi connectivity index (χ0v) is 16.4. The second-order valence-corrected chi connectivity index (χ2v) is 7.62. The van der Waals surface area contributed by atoms with Crippen molar-refractivity contribution in [2.75, 3.05) is 20.8 Å². The van der Waals surface area contributed by atoms with Crippen LogP contribution in [0, 0.1) is 0 Å². The summed E-state index contributed by atoms with van der Waals surface area (Å²) in [7, 11) is -0.601. The largest absolute Gasteiger partial charge is 0.497 e. The quantitative estimate of drug-likeness (QED) is 0.683. The average Bonchev–Trinajstić information content (AvgIpc) is 2.67. The molecule has 0 spiro atoms. The second-order valence-electron chi connectivity index (χ2n) is 5.85. The van der Waals surface area contributed by atoms with Gasteiger partial charge in [0, 0.05) is 18.5 Å². The molecule has 0 radical (unpaired) electrons. The number of sulfonamides is 1. The first-order valence-electron chi connectivity index (χ1n) is 8.43. The van der Waals surface area contributed by atoms with Crippen LogP contribution in [-0.4, -0.2) is 35.1 Å². The van der Waals surface area contributed by atoms with E-state index in [1.807, 2.05) is 31.2 Å². The van der Waals surface area contributed by atoms with Gasteiger partial charge in [-0.2, -0.15) is 0 Å². The molecule has 0 saturated carbocycles. The molecule has 0 aromatic heterocycles. The summed E-state index contributed by atoms with van der Waals surface area (Å²) in [5.74, 6) is 0.995. The summed E-state index contributed by atoms with van der Waals surface area (Å²) in [6, 6.07) is 13.2. The fraction of sp³-hybridized carbons (Fsp3) is 0.316. The number of hydrogen-bond acceptors (Lipinski definition) is 5. The Hall–Kier alpha value is -2.58. The third kappa shape index (κ3) is 5.70. The van der Waals surface area contributed by atoms with Crippen LogP contribution in [0.3, 0.4) is 0 Å². The van der Waals surface area contributed by atoms with Gasteiger partial charge in [-0.1, -0.05) is 18.2 Å². The summed E-state index contributed by atoms with van der Waals surface area (Å²) in [6.45, 7) is 1.84. The summed E-state index contributed by atoms with van der Waals surface area (Å²) in [6.07, 6.45) is 0.0227. The van der Waals surface area contributed by atoms with Crippen molar-refractivity contribution >= 4 is 15.9 Å². The second kappa shape index (κ2) is 9.38. The number of hydrogen-bond donors (Lipinski definition) is 2. The van der Waals surface area contributed by atoms with E-state index in [-0.39, 0.29) is 29.8 Å². The first kappa shape index (κ1) is 20.7. The number of nitrogens with one attached hydrogen (secondary N) is 2. The van der Waals surface area contributed by atoms with Crippen molar-refractivity contribution in [3.8, 4) is 11.5 Å². The predicted molar refractivity (Wildman–Crippen MR) is 102 cm³/mol. The molecule has 1 atom stereocenters. The number of para-hydroxylation sites is 1. The molecule has 2 rings (SSSR count). The maximum Gasteiger partial charge on any atom is 0.240 e. The summed E-state index contributed by atoms with van der Waals surface area (Å²) in [5.41, 5.74) is 0.854. The van der Waals surface area contributed by atoms with Gasteiger partial charge in [0.1, 0.15) is 11.5 Å². The highest BCUT2D eigenvalue weighted by Crippen LogP contribution is 2.24. The Kier molecular flexibility index (Phi) is 7.20. The molecule has 0 heterocycles. The van der Waals surface area contributed by atoms with Crippen molar-refractivity contribution in [2.45, 2.75) is 24.3 Å². The topological polar surface area (TPSA) is 93.7 Å². The van der Waals surface area contributed by atoms with Crippen LogP contribution in [-0.2, 0) is 14.8 Å². The van der Waals surface area contributed by atoms with Crippen molar-refractivity contribution in [3.05, 3.63) is 54.1 Å². The van der Waals surface area contributed by atoms with E-state index in [4.69, 9.17) is 9.47 Å². The number of carbonyl (C=O) groups excluding carboxylic acids is 1. The fourth-order valence-corrected chi connectivity index (χ4v) is 3.58. The van der Waals surface area contributed by atoms with Crippen LogP contribution in [0.15, 0.2) is 53.4 Å². The Morgan fingerprint density at radius 3 is 2.33 bits per heavy atom. The minimum atomic E-state index is -3.68. The highest BCUT2D eigenvalue weighted by Gasteiger charge is 2.16. The van der Waals surface area contributed by atoms with Crippen LogP contribution in [0.25, 0.3) is 0 Å². The highest BCUT2D eigenvalue weighted by molar-refractivity contribution is 7.89. The normalized spacial score (nSPS) is 12.3. The molecule has 27 heavy (non-hydrogen) atoms. The van der Waals surface area contributed by atoms with Gasteiger partial charge >= 0.3 is 0 Å². The lowest BCUT2D eigenvalue weighted by atomic mass is 10.1. The van der Waals surface area contributed by atoms with Gasteiger partial charge in [-0.3, -0.25) is 4.79 Å². The maximum absolute atomic E-state index is 12.2. The Bertz CT molecular complexity index is 866. The molecular weight excluding hydrogens is 368 g/mol. The van der Waals surface area contributed by atoms with Crippen LogP contribution in [0.1, 0.15) is 24.9 Å². The summed E-state index contributed by atoms with van der Waals surface area (Å²) >= 11 is 0. The SMILES string of the molecule is COc1ccc(S(=O)(=O)NCCC(=O)N[C@H](C)c2ccccc2OC)cc1. The molecule has 0 bridgehead atoms. The zero-order valence-electron chi connectivity index (χ0n) is 15.6. The van der Waals surface area contributed by atoms with E-state index in [2.05, 4.69) is 10.0 Å². The summed E-state index contributed by atoms with van der Waals surface area (Å²) in [4.78, 5) is 12.2. The van der Waals surface area contributed by atoms with Crippen LogP contribution in [0.2, 0.25) is 0 Å².